The van der Waals surface area contributed by atoms with Crippen molar-refractivity contribution < 1.29 is 19.1 Å². The lowest BCUT2D eigenvalue weighted by Gasteiger charge is -2.29. The minimum absolute atomic E-state index is 0.241. The topological polar surface area (TPSA) is 55.8 Å². The molecular formula is C10H17NO4. The van der Waals surface area contributed by atoms with Gasteiger partial charge in [0.2, 0.25) is 5.91 Å². The maximum Gasteiger partial charge on any atom is 0.331 e. The minimum Gasteiger partial charge on any atom is -0.467 e. The number of likely N-dealkylation sites (N-methyl/N-ethyl adjacent to an activating group) is 1. The summed E-state index contributed by atoms with van der Waals surface area (Å²) >= 11 is 0. The Bertz CT molecular complexity index is 250. The molecule has 5 nitrogen and oxygen atoms in total. The molecular weight excluding hydrogens is 198 g/mol. The van der Waals surface area contributed by atoms with Gasteiger partial charge in [-0.05, 0) is 0 Å². The first kappa shape index (κ1) is 13.6. The molecule has 0 aromatic heterocycles. The fourth-order valence-corrected chi connectivity index (χ4v) is 1.18. The second-order valence-electron chi connectivity index (χ2n) is 3.03. The predicted octanol–water partition coefficient (Wildman–Crippen LogP) is 0.207. The normalized spacial score (nSPS) is 13.9. The van der Waals surface area contributed by atoms with E-state index in [0.717, 1.165) is 0 Å². The Balaban J connectivity index is 4.94. The van der Waals surface area contributed by atoms with Gasteiger partial charge in [-0.1, -0.05) is 6.08 Å². The third kappa shape index (κ3) is 3.36. The van der Waals surface area contributed by atoms with Crippen molar-refractivity contribution in [3.8, 4) is 0 Å². The lowest BCUT2D eigenvalue weighted by molar-refractivity contribution is -0.155. The number of methoxy groups -OCH3 is 2. The van der Waals surface area contributed by atoms with Gasteiger partial charge in [0.05, 0.1) is 7.11 Å². The van der Waals surface area contributed by atoms with Gasteiger partial charge >= 0.3 is 5.97 Å². The molecule has 0 aliphatic carbocycles. The Labute approximate surface area is 89.6 Å². The highest BCUT2D eigenvalue weighted by molar-refractivity contribution is 5.83. The Morgan fingerprint density at radius 1 is 1.40 bits per heavy atom. The van der Waals surface area contributed by atoms with Crippen LogP contribution in [-0.4, -0.2) is 50.2 Å². The molecule has 0 fully saturated rings. The number of nitrogens with zero attached hydrogens (tertiary/aromatic N) is 1. The van der Waals surface area contributed by atoms with Gasteiger partial charge in [0.1, 0.15) is 6.10 Å². The van der Waals surface area contributed by atoms with E-state index in [9.17, 15) is 9.59 Å². The van der Waals surface area contributed by atoms with Crippen molar-refractivity contribution in [2.75, 3.05) is 21.3 Å². The average Bonchev–Trinajstić information content (AvgIpc) is 2.23. The summed E-state index contributed by atoms with van der Waals surface area (Å²) in [5.74, 6) is -0.770. The molecule has 0 aromatic rings. The summed E-state index contributed by atoms with van der Waals surface area (Å²) in [6.45, 7) is 4.91. The molecule has 0 bridgehead atoms. The molecule has 1 amide bonds. The maximum atomic E-state index is 11.5. The molecule has 86 valence electrons. The van der Waals surface area contributed by atoms with Crippen LogP contribution in [0.25, 0.3) is 0 Å². The van der Waals surface area contributed by atoms with Crippen LogP contribution in [0, 0.1) is 0 Å². The fraction of sp³-hybridized carbons (Fsp3) is 0.600. The van der Waals surface area contributed by atoms with E-state index in [0.29, 0.717) is 0 Å². The summed E-state index contributed by atoms with van der Waals surface area (Å²) in [4.78, 5) is 23.9. The molecule has 0 aliphatic heterocycles. The zero-order valence-corrected chi connectivity index (χ0v) is 9.52. The summed E-state index contributed by atoms with van der Waals surface area (Å²) < 4.78 is 9.65. The monoisotopic (exact) mass is 215 g/mol. The van der Waals surface area contributed by atoms with Crippen LogP contribution in [0.15, 0.2) is 12.7 Å². The van der Waals surface area contributed by atoms with E-state index in [1.54, 1.807) is 0 Å². The second-order valence-corrected chi connectivity index (χ2v) is 3.03. The fourth-order valence-electron chi connectivity index (χ4n) is 1.18. The van der Waals surface area contributed by atoms with Crippen LogP contribution in [0.3, 0.4) is 0 Å². The van der Waals surface area contributed by atoms with Crippen molar-refractivity contribution in [3.05, 3.63) is 12.7 Å². The molecule has 2 atom stereocenters. The lowest BCUT2D eigenvalue weighted by atomic mass is 10.1. The van der Waals surface area contributed by atoms with Crippen LogP contribution in [0.5, 0.6) is 0 Å². The van der Waals surface area contributed by atoms with Gasteiger partial charge in [-0.3, -0.25) is 4.79 Å². The molecule has 0 saturated carbocycles. The molecule has 0 N–H and O–H groups in total. The Morgan fingerprint density at radius 3 is 2.20 bits per heavy atom. The zero-order chi connectivity index (χ0) is 12.0. The molecule has 0 aromatic carbocycles. The number of carbonyl (C=O) groups excluding carboxylic acids is 2. The van der Waals surface area contributed by atoms with Gasteiger partial charge in [0, 0.05) is 21.1 Å². The maximum absolute atomic E-state index is 11.5. The van der Waals surface area contributed by atoms with Crippen molar-refractivity contribution in [1.29, 1.82) is 0 Å². The molecule has 0 saturated heterocycles. The Morgan fingerprint density at radius 2 is 1.93 bits per heavy atom. The van der Waals surface area contributed by atoms with Gasteiger partial charge in [0.25, 0.3) is 0 Å². The van der Waals surface area contributed by atoms with E-state index in [1.807, 2.05) is 0 Å². The van der Waals surface area contributed by atoms with E-state index in [4.69, 9.17) is 4.74 Å². The van der Waals surface area contributed by atoms with Gasteiger partial charge in [-0.25, -0.2) is 4.79 Å². The van der Waals surface area contributed by atoms with Crippen LogP contribution in [0.4, 0.5) is 0 Å². The van der Waals surface area contributed by atoms with Crippen LogP contribution in [-0.2, 0) is 19.1 Å². The lowest BCUT2D eigenvalue weighted by Crippen LogP contribution is -2.49. The first-order valence-electron chi connectivity index (χ1n) is 4.46. The van der Waals surface area contributed by atoms with Crippen molar-refractivity contribution in [1.82, 2.24) is 4.90 Å². The largest absolute Gasteiger partial charge is 0.467 e. The van der Waals surface area contributed by atoms with E-state index in [-0.39, 0.29) is 5.91 Å². The Hall–Kier alpha value is -1.36. The van der Waals surface area contributed by atoms with Crippen molar-refractivity contribution in [2.24, 2.45) is 0 Å². The quantitative estimate of drug-likeness (QED) is 0.486. The van der Waals surface area contributed by atoms with Gasteiger partial charge in [0.15, 0.2) is 6.04 Å². The van der Waals surface area contributed by atoms with E-state index in [1.165, 1.54) is 39.2 Å². The number of rotatable bonds is 5. The van der Waals surface area contributed by atoms with Gasteiger partial charge in [-0.2, -0.15) is 0 Å². The molecule has 0 rings (SSSR count). The molecule has 15 heavy (non-hydrogen) atoms. The van der Waals surface area contributed by atoms with Gasteiger partial charge < -0.3 is 14.4 Å². The zero-order valence-electron chi connectivity index (χ0n) is 9.52. The number of hydrogen-bond donors (Lipinski definition) is 0. The first-order valence-corrected chi connectivity index (χ1v) is 4.46. The smallest absolute Gasteiger partial charge is 0.331 e. The highest BCUT2D eigenvalue weighted by atomic mass is 16.5. The van der Waals surface area contributed by atoms with Crippen LogP contribution in [0.2, 0.25) is 0 Å². The van der Waals surface area contributed by atoms with Crippen molar-refractivity contribution in [2.45, 2.75) is 19.1 Å². The minimum atomic E-state index is -0.796. The van der Waals surface area contributed by atoms with E-state index < -0.39 is 18.1 Å². The highest BCUT2D eigenvalue weighted by Crippen LogP contribution is 2.09. The third-order valence-electron chi connectivity index (χ3n) is 2.17. The SMILES string of the molecule is C=C[C@H](OC)[C@H](C(=O)OC)N(C)C(C)=O. The van der Waals surface area contributed by atoms with Crippen LogP contribution < -0.4 is 0 Å². The van der Waals surface area contributed by atoms with Crippen molar-refractivity contribution >= 4 is 11.9 Å². The molecule has 0 aliphatic rings. The number of ether oxygens (including phenoxy) is 2. The summed E-state index contributed by atoms with van der Waals surface area (Å²) in [7, 11) is 4.22. The summed E-state index contributed by atoms with van der Waals surface area (Å²) in [5.41, 5.74) is 0. The van der Waals surface area contributed by atoms with Crippen LogP contribution >= 0.6 is 0 Å². The van der Waals surface area contributed by atoms with Gasteiger partial charge in [-0.15, -0.1) is 6.58 Å². The summed E-state index contributed by atoms with van der Waals surface area (Å²) in [5, 5.41) is 0. The molecule has 0 unspecified atom stereocenters. The third-order valence-corrected chi connectivity index (χ3v) is 2.17. The number of esters is 1. The Kier molecular flexibility index (Phi) is 5.62. The van der Waals surface area contributed by atoms with E-state index in [2.05, 4.69) is 11.3 Å². The van der Waals surface area contributed by atoms with Crippen molar-refractivity contribution in [3.63, 3.8) is 0 Å². The second kappa shape index (κ2) is 6.19. The molecule has 5 heteroatoms. The standard InChI is InChI=1S/C10H17NO4/c1-6-8(14-4)9(10(13)15-5)11(3)7(2)12/h6,8-9H,1H2,2-5H3/t8-,9+/m0/s1. The van der Waals surface area contributed by atoms with Crippen LogP contribution in [0.1, 0.15) is 6.92 Å². The molecule has 0 spiro atoms. The first-order chi connectivity index (χ1) is 6.99. The summed E-state index contributed by atoms with van der Waals surface area (Å²) in [6, 6.07) is -0.796. The molecule has 0 radical (unpaired) electrons. The highest BCUT2D eigenvalue weighted by Gasteiger charge is 2.32. The molecule has 0 heterocycles. The average molecular weight is 215 g/mol. The summed E-state index contributed by atoms with van der Waals surface area (Å²) in [6.07, 6.45) is 0.882. The number of hydrogen-bond acceptors (Lipinski definition) is 4. The number of amides is 1. The number of carbonyl (C=O) groups is 2. The predicted molar refractivity (Wildman–Crippen MR) is 55.2 cm³/mol. The van der Waals surface area contributed by atoms with E-state index >= 15 is 0 Å².